The maximum Gasteiger partial charge on any atom is 0.306 e. The molecule has 1 heterocycles. The first-order valence-corrected chi connectivity index (χ1v) is 8.34. The molecule has 134 valence electrons. The molecule has 0 saturated heterocycles. The molecule has 1 aromatic carbocycles. The first-order valence-electron chi connectivity index (χ1n) is 7.96. The van der Waals surface area contributed by atoms with Gasteiger partial charge in [-0.25, -0.2) is 4.98 Å². The van der Waals surface area contributed by atoms with Crippen molar-refractivity contribution in [2.75, 3.05) is 6.61 Å². The van der Waals surface area contributed by atoms with Gasteiger partial charge in [-0.05, 0) is 37.6 Å². The quantitative estimate of drug-likeness (QED) is 0.611. The molecule has 0 spiro atoms. The smallest absolute Gasteiger partial charge is 0.306 e. The summed E-state index contributed by atoms with van der Waals surface area (Å²) in [5.41, 5.74) is 1.56. The van der Waals surface area contributed by atoms with Gasteiger partial charge < -0.3 is 9.84 Å². The fraction of sp³-hybridized carbons (Fsp3) is 0.263. The van der Waals surface area contributed by atoms with Gasteiger partial charge in [0.25, 0.3) is 0 Å². The molecule has 0 bridgehead atoms. The van der Waals surface area contributed by atoms with Crippen LogP contribution >= 0.6 is 11.6 Å². The molecule has 0 amide bonds. The van der Waals surface area contributed by atoms with Gasteiger partial charge in [-0.3, -0.25) is 9.59 Å². The lowest BCUT2D eigenvalue weighted by Gasteiger charge is -2.10. The lowest BCUT2D eigenvalue weighted by molar-refractivity contribution is -0.143. The van der Waals surface area contributed by atoms with Crippen molar-refractivity contribution < 1.29 is 19.4 Å². The third kappa shape index (κ3) is 4.38. The van der Waals surface area contributed by atoms with Crippen molar-refractivity contribution >= 4 is 23.4 Å². The molecule has 1 aromatic heterocycles. The molecule has 6 nitrogen and oxygen atoms in total. The molecule has 0 saturated carbocycles. The number of nitriles is 1. The first kappa shape index (κ1) is 19.4. The number of benzene rings is 1. The van der Waals surface area contributed by atoms with Crippen molar-refractivity contribution in [3.05, 3.63) is 46.1 Å². The van der Waals surface area contributed by atoms with Gasteiger partial charge in [-0.1, -0.05) is 17.7 Å². The highest BCUT2D eigenvalue weighted by Crippen LogP contribution is 2.30. The van der Waals surface area contributed by atoms with Crippen LogP contribution in [0.4, 0.5) is 0 Å². The van der Waals surface area contributed by atoms with Crippen molar-refractivity contribution in [1.29, 1.82) is 5.26 Å². The SMILES string of the molecule is CCOC(=O)CCC(=O)c1nc(-c2ccc(Cl)cc2C)cc(C#N)c1O. The largest absolute Gasteiger partial charge is 0.504 e. The minimum atomic E-state index is -0.541. The molecule has 0 aliphatic rings. The number of ether oxygens (including phenoxy) is 1. The normalized spacial score (nSPS) is 10.2. The number of aromatic nitrogens is 1. The molecule has 0 radical (unpaired) electrons. The highest BCUT2D eigenvalue weighted by atomic mass is 35.5. The van der Waals surface area contributed by atoms with E-state index >= 15 is 0 Å². The van der Waals surface area contributed by atoms with Gasteiger partial charge >= 0.3 is 5.97 Å². The van der Waals surface area contributed by atoms with Gasteiger partial charge in [-0.2, -0.15) is 5.26 Å². The molecular weight excluding hydrogens is 356 g/mol. The molecule has 2 rings (SSSR count). The summed E-state index contributed by atoms with van der Waals surface area (Å²) in [7, 11) is 0. The summed E-state index contributed by atoms with van der Waals surface area (Å²) in [5.74, 6) is -1.54. The summed E-state index contributed by atoms with van der Waals surface area (Å²) < 4.78 is 4.78. The Labute approximate surface area is 156 Å². The van der Waals surface area contributed by atoms with Crippen LogP contribution in [0, 0.1) is 18.3 Å². The lowest BCUT2D eigenvalue weighted by atomic mass is 10.0. The lowest BCUT2D eigenvalue weighted by Crippen LogP contribution is -2.10. The van der Waals surface area contributed by atoms with Gasteiger partial charge in [0, 0.05) is 17.0 Å². The van der Waals surface area contributed by atoms with Gasteiger partial charge in [0.2, 0.25) is 0 Å². The number of ketones is 1. The fourth-order valence-electron chi connectivity index (χ4n) is 2.44. The average molecular weight is 373 g/mol. The summed E-state index contributed by atoms with van der Waals surface area (Å²) in [5, 5.41) is 20.0. The Kier molecular flexibility index (Phi) is 6.31. The average Bonchev–Trinajstić information content (AvgIpc) is 2.60. The molecule has 0 aliphatic carbocycles. The Morgan fingerprint density at radius 1 is 1.31 bits per heavy atom. The minimum Gasteiger partial charge on any atom is -0.504 e. The Balaban J connectivity index is 2.42. The maximum absolute atomic E-state index is 12.4. The number of hydrogen-bond acceptors (Lipinski definition) is 6. The zero-order valence-electron chi connectivity index (χ0n) is 14.4. The predicted molar refractivity (Wildman–Crippen MR) is 96.0 cm³/mol. The number of halogens is 1. The molecule has 0 unspecified atom stereocenters. The molecule has 0 aliphatic heterocycles. The number of hydrogen-bond donors (Lipinski definition) is 1. The molecular formula is C19H17ClN2O4. The number of nitrogens with zero attached hydrogens (tertiary/aromatic N) is 2. The van der Waals surface area contributed by atoms with Crippen LogP contribution in [0.1, 0.15) is 41.4 Å². The van der Waals surface area contributed by atoms with Crippen LogP contribution in [0.5, 0.6) is 5.75 Å². The van der Waals surface area contributed by atoms with E-state index in [0.29, 0.717) is 16.3 Å². The zero-order valence-corrected chi connectivity index (χ0v) is 15.1. The molecule has 0 atom stereocenters. The van der Waals surface area contributed by atoms with Gasteiger partial charge in [0.1, 0.15) is 11.8 Å². The number of carbonyl (C=O) groups is 2. The van der Waals surface area contributed by atoms with Crippen LogP contribution < -0.4 is 0 Å². The molecule has 2 aromatic rings. The Morgan fingerprint density at radius 3 is 2.65 bits per heavy atom. The second kappa shape index (κ2) is 8.45. The highest BCUT2D eigenvalue weighted by molar-refractivity contribution is 6.30. The van der Waals surface area contributed by atoms with E-state index in [1.165, 1.54) is 6.07 Å². The topological polar surface area (TPSA) is 100 Å². The Morgan fingerprint density at radius 2 is 2.04 bits per heavy atom. The standard InChI is InChI=1S/C19H17ClN2O4/c1-3-26-17(24)7-6-16(23)18-19(25)12(10-21)9-15(22-18)14-5-4-13(20)8-11(14)2/h4-5,8-9,25H,3,6-7H2,1-2H3. The van der Waals surface area contributed by atoms with E-state index in [1.807, 2.05) is 13.0 Å². The third-order valence-electron chi connectivity index (χ3n) is 3.70. The second-order valence-corrected chi connectivity index (χ2v) is 5.99. The zero-order chi connectivity index (χ0) is 19.3. The van der Waals surface area contributed by atoms with E-state index in [4.69, 9.17) is 16.3 Å². The molecule has 0 fully saturated rings. The first-order chi connectivity index (χ1) is 12.4. The number of Topliss-reactive ketones (excluding diaryl/α,β-unsaturated/α-hetero) is 1. The van der Waals surface area contributed by atoms with E-state index in [2.05, 4.69) is 4.98 Å². The summed E-state index contributed by atoms with van der Waals surface area (Å²) in [6.07, 6.45) is -0.298. The van der Waals surface area contributed by atoms with E-state index in [1.54, 1.807) is 25.1 Å². The van der Waals surface area contributed by atoms with E-state index in [-0.39, 0.29) is 30.7 Å². The maximum atomic E-state index is 12.4. The van der Waals surface area contributed by atoms with Crippen molar-refractivity contribution in [2.24, 2.45) is 0 Å². The monoisotopic (exact) mass is 372 g/mol. The van der Waals surface area contributed by atoms with Crippen LogP contribution in [-0.2, 0) is 9.53 Å². The molecule has 7 heteroatoms. The van der Waals surface area contributed by atoms with E-state index in [0.717, 1.165) is 5.56 Å². The molecule has 1 N–H and O–H groups in total. The molecule has 26 heavy (non-hydrogen) atoms. The second-order valence-electron chi connectivity index (χ2n) is 5.55. The number of esters is 1. The number of rotatable bonds is 6. The van der Waals surface area contributed by atoms with Crippen molar-refractivity contribution in [2.45, 2.75) is 26.7 Å². The fourth-order valence-corrected chi connectivity index (χ4v) is 2.66. The van der Waals surface area contributed by atoms with Crippen molar-refractivity contribution in [3.63, 3.8) is 0 Å². The Bertz CT molecular complexity index is 903. The van der Waals surface area contributed by atoms with Crippen LogP contribution in [0.25, 0.3) is 11.3 Å². The highest BCUT2D eigenvalue weighted by Gasteiger charge is 2.20. The number of carbonyl (C=O) groups excluding carboxylic acids is 2. The number of pyridine rings is 1. The van der Waals surface area contributed by atoms with Gasteiger partial charge in [0.15, 0.2) is 11.5 Å². The van der Waals surface area contributed by atoms with E-state index < -0.39 is 17.5 Å². The third-order valence-corrected chi connectivity index (χ3v) is 3.94. The van der Waals surface area contributed by atoms with Crippen LogP contribution in [0.15, 0.2) is 24.3 Å². The van der Waals surface area contributed by atoms with Crippen molar-refractivity contribution in [1.82, 2.24) is 4.98 Å². The summed E-state index contributed by atoms with van der Waals surface area (Å²) in [6, 6.07) is 8.40. The van der Waals surface area contributed by atoms with Crippen LogP contribution in [-0.4, -0.2) is 28.4 Å². The number of aryl methyl sites for hydroxylation is 1. The summed E-state index contributed by atoms with van der Waals surface area (Å²) in [6.45, 7) is 3.72. The summed E-state index contributed by atoms with van der Waals surface area (Å²) in [4.78, 5) is 28.1. The predicted octanol–water partition coefficient (Wildman–Crippen LogP) is 3.81. The Hall–Kier alpha value is -2.91. The van der Waals surface area contributed by atoms with Crippen LogP contribution in [0.2, 0.25) is 5.02 Å². The minimum absolute atomic E-state index is 0.0659. The van der Waals surface area contributed by atoms with Gasteiger partial charge in [0.05, 0.1) is 24.3 Å². The number of aromatic hydroxyl groups is 1. The van der Waals surface area contributed by atoms with Gasteiger partial charge in [-0.15, -0.1) is 0 Å². The van der Waals surface area contributed by atoms with E-state index in [9.17, 15) is 20.0 Å². The summed E-state index contributed by atoms with van der Waals surface area (Å²) >= 11 is 5.96. The van der Waals surface area contributed by atoms with Crippen molar-refractivity contribution in [3.8, 4) is 23.1 Å². The van der Waals surface area contributed by atoms with Crippen LogP contribution in [0.3, 0.4) is 0 Å².